The Morgan fingerprint density at radius 1 is 0.655 bits per heavy atom. The molecule has 29 heavy (non-hydrogen) atoms. The summed E-state index contributed by atoms with van der Waals surface area (Å²) in [6.07, 6.45) is 0. The highest BCUT2D eigenvalue weighted by Gasteiger charge is 2.06. The molecule has 0 saturated heterocycles. The van der Waals surface area contributed by atoms with Gasteiger partial charge in [-0.3, -0.25) is 20.2 Å². The van der Waals surface area contributed by atoms with Crippen molar-refractivity contribution in [3.8, 4) is 0 Å². The Morgan fingerprint density at radius 3 is 1.31 bits per heavy atom. The van der Waals surface area contributed by atoms with Crippen molar-refractivity contribution < 1.29 is 9.85 Å². The summed E-state index contributed by atoms with van der Waals surface area (Å²) >= 11 is 4.06. The van der Waals surface area contributed by atoms with Crippen LogP contribution < -0.4 is 0 Å². The Kier molecular flexibility index (Phi) is 9.39. The number of hydrogen-bond donors (Lipinski definition) is 1. The molecule has 0 fully saturated rings. The van der Waals surface area contributed by atoms with E-state index in [0.717, 1.165) is 9.79 Å². The summed E-state index contributed by atoms with van der Waals surface area (Å²) in [6, 6.07) is 20.7. The average Bonchev–Trinajstić information content (AvgIpc) is 2.74. The minimum atomic E-state index is -0.447. The summed E-state index contributed by atoms with van der Waals surface area (Å²) in [6.45, 7) is 2.08. The molecule has 0 heterocycles. The van der Waals surface area contributed by atoms with Gasteiger partial charge in [-0.05, 0) is 43.3 Å². The molecule has 0 radical (unpaired) electrons. The number of hydrogen-bond acceptors (Lipinski definition) is 8. The van der Waals surface area contributed by atoms with Crippen molar-refractivity contribution in [3.05, 3.63) is 98.6 Å². The Morgan fingerprint density at radius 2 is 1.00 bits per heavy atom. The van der Waals surface area contributed by atoms with Gasteiger partial charge in [-0.2, -0.15) is 0 Å². The van der Waals surface area contributed by atoms with Gasteiger partial charge < -0.3 is 0 Å². The van der Waals surface area contributed by atoms with Crippen LogP contribution in [0.15, 0.2) is 87.5 Å². The van der Waals surface area contributed by atoms with Crippen LogP contribution in [0.5, 0.6) is 0 Å². The number of nitrogens with zero attached hydrogens (tertiary/aromatic N) is 2. The van der Waals surface area contributed by atoms with Gasteiger partial charge in [0.25, 0.3) is 11.4 Å². The molecule has 0 atom stereocenters. The topological polar surface area (TPSA) is 86.3 Å². The maximum atomic E-state index is 10.5. The van der Waals surface area contributed by atoms with E-state index < -0.39 is 9.85 Å². The highest BCUT2D eigenvalue weighted by Crippen LogP contribution is 2.38. The zero-order valence-corrected chi connectivity index (χ0v) is 18.5. The molecule has 0 N–H and O–H groups in total. The SMILES string of the molecule is Cc1ccc(SS)cc1.O=[N+]([O-])c1ccc(SSc2ccc([N+](=O)[O-])cc2)cc1. The molecular formula is C19H16N2O4S4. The highest BCUT2D eigenvalue weighted by molar-refractivity contribution is 8.76. The van der Waals surface area contributed by atoms with Crippen molar-refractivity contribution in [1.29, 1.82) is 0 Å². The molecule has 0 bridgehead atoms. The maximum Gasteiger partial charge on any atom is 0.269 e. The van der Waals surface area contributed by atoms with Gasteiger partial charge >= 0.3 is 0 Å². The molecule has 3 rings (SSSR count). The van der Waals surface area contributed by atoms with E-state index in [9.17, 15) is 20.2 Å². The second kappa shape index (κ2) is 11.8. The molecule has 0 aromatic heterocycles. The quantitative estimate of drug-likeness (QED) is 0.178. The first-order valence-electron chi connectivity index (χ1n) is 8.10. The molecule has 10 heteroatoms. The number of benzene rings is 3. The van der Waals surface area contributed by atoms with Gasteiger partial charge in [0.2, 0.25) is 0 Å². The summed E-state index contributed by atoms with van der Waals surface area (Å²) in [5.74, 6) is 0. The molecule has 0 aliphatic carbocycles. The van der Waals surface area contributed by atoms with Crippen LogP contribution in [0.1, 0.15) is 5.56 Å². The fourth-order valence-electron chi connectivity index (χ4n) is 1.94. The number of aryl methyl sites for hydroxylation is 1. The third-order valence-electron chi connectivity index (χ3n) is 3.46. The second-order valence-corrected chi connectivity index (χ2v) is 9.05. The first-order valence-corrected chi connectivity index (χ1v) is 12.1. The van der Waals surface area contributed by atoms with Crippen molar-refractivity contribution >= 4 is 55.4 Å². The Labute approximate surface area is 185 Å². The smallest absolute Gasteiger partial charge is 0.258 e. The summed E-state index contributed by atoms with van der Waals surface area (Å²) in [4.78, 5) is 23.1. The van der Waals surface area contributed by atoms with Gasteiger partial charge in [-0.1, -0.05) is 50.1 Å². The molecule has 3 aromatic rings. The summed E-state index contributed by atoms with van der Waals surface area (Å²) < 4.78 is 0. The van der Waals surface area contributed by atoms with Crippen LogP contribution in [0, 0.1) is 27.2 Å². The average molecular weight is 465 g/mol. The lowest BCUT2D eigenvalue weighted by atomic mass is 10.2. The van der Waals surface area contributed by atoms with Crippen molar-refractivity contribution in [2.24, 2.45) is 0 Å². The summed E-state index contributed by atoms with van der Waals surface area (Å²) in [7, 11) is 4.34. The lowest BCUT2D eigenvalue weighted by Gasteiger charge is -2.01. The zero-order chi connectivity index (χ0) is 21.2. The zero-order valence-electron chi connectivity index (χ0n) is 15.1. The van der Waals surface area contributed by atoms with E-state index in [1.54, 1.807) is 24.3 Å². The highest BCUT2D eigenvalue weighted by atomic mass is 33.1. The minimum Gasteiger partial charge on any atom is -0.258 e. The second-order valence-electron chi connectivity index (χ2n) is 5.57. The van der Waals surface area contributed by atoms with Crippen LogP contribution in [0.2, 0.25) is 0 Å². The van der Waals surface area contributed by atoms with Gasteiger partial charge in [0.1, 0.15) is 0 Å². The number of nitro groups is 2. The van der Waals surface area contributed by atoms with Crippen molar-refractivity contribution in [2.75, 3.05) is 0 Å². The lowest BCUT2D eigenvalue weighted by Crippen LogP contribution is -1.86. The third-order valence-corrected chi connectivity index (χ3v) is 6.99. The molecule has 0 aliphatic rings. The van der Waals surface area contributed by atoms with Crippen LogP contribution in [-0.2, 0) is 0 Å². The van der Waals surface area contributed by atoms with Crippen LogP contribution in [0.3, 0.4) is 0 Å². The van der Waals surface area contributed by atoms with E-state index in [1.807, 2.05) is 0 Å². The van der Waals surface area contributed by atoms with Gasteiger partial charge in [-0.15, -0.1) is 11.7 Å². The largest absolute Gasteiger partial charge is 0.269 e. The molecule has 6 nitrogen and oxygen atoms in total. The van der Waals surface area contributed by atoms with Crippen molar-refractivity contribution in [1.82, 2.24) is 0 Å². The molecule has 150 valence electrons. The van der Waals surface area contributed by atoms with Crippen LogP contribution in [0.4, 0.5) is 11.4 Å². The monoisotopic (exact) mass is 464 g/mol. The standard InChI is InChI=1S/C12H8N2O4S2.C7H8S2/c15-13(16)9-1-5-11(6-2-9)19-20-12-7-3-10(4-8-12)14(17)18;1-6-2-4-7(9-8)5-3-6/h1-8H;2-5,8H,1H3. The first kappa shape index (κ1) is 23.1. The van der Waals surface area contributed by atoms with Crippen LogP contribution in [-0.4, -0.2) is 9.85 Å². The number of thiol groups is 1. The normalized spacial score (nSPS) is 10.0. The number of non-ortho nitro benzene ring substituents is 2. The van der Waals surface area contributed by atoms with Crippen molar-refractivity contribution in [2.45, 2.75) is 21.6 Å². The van der Waals surface area contributed by atoms with E-state index in [0.29, 0.717) is 0 Å². The van der Waals surface area contributed by atoms with Crippen LogP contribution in [0.25, 0.3) is 0 Å². The molecular weight excluding hydrogens is 448 g/mol. The summed E-state index contributed by atoms with van der Waals surface area (Å²) in [5.41, 5.74) is 1.39. The molecule has 0 spiro atoms. The first-order chi connectivity index (χ1) is 13.9. The van der Waals surface area contributed by atoms with Crippen molar-refractivity contribution in [3.63, 3.8) is 0 Å². The Bertz CT molecular complexity index is 892. The predicted octanol–water partition coefficient (Wildman–Crippen LogP) is 7.23. The molecule has 0 saturated carbocycles. The van der Waals surface area contributed by atoms with Gasteiger partial charge in [0.05, 0.1) is 9.85 Å². The fraction of sp³-hybridized carbons (Fsp3) is 0.0526. The van der Waals surface area contributed by atoms with E-state index >= 15 is 0 Å². The Hall–Kier alpha value is -2.14. The van der Waals surface area contributed by atoms with E-state index in [-0.39, 0.29) is 11.4 Å². The molecule has 3 aromatic carbocycles. The van der Waals surface area contributed by atoms with Gasteiger partial charge in [-0.25, -0.2) is 0 Å². The maximum absolute atomic E-state index is 10.5. The molecule has 0 aliphatic heterocycles. The number of rotatable bonds is 6. The predicted molar refractivity (Wildman–Crippen MR) is 124 cm³/mol. The number of nitro benzene ring substituents is 2. The van der Waals surface area contributed by atoms with Crippen LogP contribution >= 0.6 is 44.0 Å². The summed E-state index contributed by atoms with van der Waals surface area (Å²) in [5, 5.41) is 21.0. The van der Waals surface area contributed by atoms with Gasteiger partial charge in [0.15, 0.2) is 0 Å². The van der Waals surface area contributed by atoms with Gasteiger partial charge in [0, 0.05) is 39.0 Å². The van der Waals surface area contributed by atoms with E-state index in [1.165, 1.54) is 67.1 Å². The molecule has 0 unspecified atom stereocenters. The Balaban J connectivity index is 0.000000278. The minimum absolute atomic E-state index is 0.0506. The van der Waals surface area contributed by atoms with E-state index in [2.05, 4.69) is 42.9 Å². The fourth-order valence-corrected chi connectivity index (χ4v) is 4.50. The third kappa shape index (κ3) is 8.01. The lowest BCUT2D eigenvalue weighted by molar-refractivity contribution is -0.385. The van der Waals surface area contributed by atoms with E-state index in [4.69, 9.17) is 0 Å². The molecule has 0 amide bonds.